The highest BCUT2D eigenvalue weighted by Crippen LogP contribution is 2.31. The molecule has 0 aliphatic heterocycles. The normalized spacial score (nSPS) is 11.4. The maximum Gasteiger partial charge on any atom is 0.355 e. The molecular weight excluding hydrogens is 460 g/mol. The van der Waals surface area contributed by atoms with Gasteiger partial charge in [0.1, 0.15) is 0 Å². The van der Waals surface area contributed by atoms with Crippen molar-refractivity contribution < 1.29 is 18.3 Å². The molecule has 0 aliphatic rings. The van der Waals surface area contributed by atoms with Gasteiger partial charge in [-0.25, -0.2) is 28.0 Å². The molecule has 168 valence electrons. The number of carboxylic acids is 1. The largest absolute Gasteiger partial charge is 0.476 e. The Morgan fingerprint density at radius 2 is 1.85 bits per heavy atom. The van der Waals surface area contributed by atoms with Gasteiger partial charge in [-0.3, -0.25) is 0 Å². The first kappa shape index (κ1) is 22.6. The number of aromatic nitrogens is 3. The summed E-state index contributed by atoms with van der Waals surface area (Å²) >= 11 is 1.19. The Balaban J connectivity index is 1.86. The minimum absolute atomic E-state index is 0.0422. The lowest BCUT2D eigenvalue weighted by atomic mass is 9.98. The van der Waals surface area contributed by atoms with Gasteiger partial charge in [0.15, 0.2) is 5.69 Å². The van der Waals surface area contributed by atoms with Gasteiger partial charge < -0.3 is 5.11 Å². The third-order valence-corrected chi connectivity index (χ3v) is 6.75. The van der Waals surface area contributed by atoms with Crippen molar-refractivity contribution in [1.82, 2.24) is 14.8 Å². The van der Waals surface area contributed by atoms with Gasteiger partial charge >= 0.3 is 5.97 Å². The predicted molar refractivity (Wildman–Crippen MR) is 126 cm³/mol. The third-order valence-electron chi connectivity index (χ3n) is 5.00. The van der Waals surface area contributed by atoms with Crippen LogP contribution in [-0.4, -0.2) is 34.3 Å². The summed E-state index contributed by atoms with van der Waals surface area (Å²) in [5, 5.41) is 21.2. The van der Waals surface area contributed by atoms with E-state index >= 15 is 0 Å². The van der Waals surface area contributed by atoms with Crippen molar-refractivity contribution in [2.45, 2.75) is 17.7 Å². The van der Waals surface area contributed by atoms with Crippen molar-refractivity contribution >= 4 is 27.3 Å². The molecule has 0 atom stereocenters. The van der Waals surface area contributed by atoms with E-state index in [1.807, 2.05) is 30.3 Å². The number of hydrogen-bond acceptors (Lipinski definition) is 6. The van der Waals surface area contributed by atoms with Crippen LogP contribution in [0.25, 0.3) is 16.4 Å². The molecule has 0 spiro atoms. The van der Waals surface area contributed by atoms with E-state index in [0.29, 0.717) is 18.0 Å². The molecule has 2 aromatic heterocycles. The smallest absolute Gasteiger partial charge is 0.355 e. The molecule has 0 saturated heterocycles. The average molecular weight is 481 g/mol. The summed E-state index contributed by atoms with van der Waals surface area (Å²) in [4.78, 5) is 15.6. The van der Waals surface area contributed by atoms with Crippen LogP contribution < -0.4 is 5.14 Å². The van der Waals surface area contributed by atoms with Crippen molar-refractivity contribution in [3.8, 4) is 16.4 Å². The van der Waals surface area contributed by atoms with Crippen LogP contribution in [0.4, 0.5) is 0 Å². The van der Waals surface area contributed by atoms with Crippen molar-refractivity contribution in [3.63, 3.8) is 0 Å². The highest BCUT2D eigenvalue weighted by Gasteiger charge is 2.22. The van der Waals surface area contributed by atoms with Gasteiger partial charge in [-0.1, -0.05) is 48.5 Å². The summed E-state index contributed by atoms with van der Waals surface area (Å²) in [6.07, 6.45) is 2.70. The van der Waals surface area contributed by atoms with Crippen LogP contribution in [0.15, 0.2) is 77.5 Å². The van der Waals surface area contributed by atoms with Crippen LogP contribution >= 0.6 is 11.3 Å². The van der Waals surface area contributed by atoms with Gasteiger partial charge in [-0.15, -0.1) is 17.9 Å². The van der Waals surface area contributed by atoms with E-state index in [-0.39, 0.29) is 10.6 Å². The SMILES string of the molecule is C=CCc1c(Cc2ccc(S(N)(=O)=O)cc2)c(-c2ccccc2)nn1-c1nc(C(=O)O)cs1. The second-order valence-corrected chi connectivity index (χ2v) is 9.63. The Kier molecular flexibility index (Phi) is 6.23. The molecule has 0 bridgehead atoms. The summed E-state index contributed by atoms with van der Waals surface area (Å²) in [5.74, 6) is -1.10. The van der Waals surface area contributed by atoms with E-state index in [4.69, 9.17) is 10.2 Å². The van der Waals surface area contributed by atoms with Gasteiger partial charge in [0.25, 0.3) is 0 Å². The topological polar surface area (TPSA) is 128 Å². The van der Waals surface area contributed by atoms with Crippen molar-refractivity contribution in [2.24, 2.45) is 5.14 Å². The van der Waals surface area contributed by atoms with Crippen molar-refractivity contribution in [2.75, 3.05) is 0 Å². The second kappa shape index (κ2) is 9.10. The van der Waals surface area contributed by atoms with E-state index < -0.39 is 16.0 Å². The van der Waals surface area contributed by atoms with Crippen LogP contribution in [0.2, 0.25) is 0 Å². The van der Waals surface area contributed by atoms with Gasteiger partial charge in [0.2, 0.25) is 15.2 Å². The van der Waals surface area contributed by atoms with Crippen LogP contribution in [-0.2, 0) is 22.9 Å². The van der Waals surface area contributed by atoms with Gasteiger partial charge in [0, 0.05) is 29.3 Å². The lowest BCUT2D eigenvalue weighted by Crippen LogP contribution is -2.11. The fraction of sp³-hybridized carbons (Fsp3) is 0.0870. The zero-order chi connectivity index (χ0) is 23.6. The summed E-state index contributed by atoms with van der Waals surface area (Å²) < 4.78 is 24.9. The zero-order valence-electron chi connectivity index (χ0n) is 17.4. The third kappa shape index (κ3) is 4.77. The van der Waals surface area contributed by atoms with Crippen LogP contribution in [0.1, 0.15) is 27.3 Å². The van der Waals surface area contributed by atoms with E-state index in [1.165, 1.54) is 28.8 Å². The minimum atomic E-state index is -3.78. The fourth-order valence-electron chi connectivity index (χ4n) is 3.46. The number of carboxylic acid groups (broad SMARTS) is 1. The summed E-state index contributed by atoms with van der Waals surface area (Å²) in [7, 11) is -3.78. The molecule has 0 radical (unpaired) electrons. The Bertz CT molecular complexity index is 1420. The number of sulfonamides is 1. The Morgan fingerprint density at radius 1 is 1.15 bits per heavy atom. The molecule has 0 saturated carbocycles. The number of allylic oxidation sites excluding steroid dienone is 1. The molecule has 2 aromatic carbocycles. The molecule has 4 aromatic rings. The quantitative estimate of drug-likeness (QED) is 0.370. The number of carbonyl (C=O) groups is 1. The highest BCUT2D eigenvalue weighted by molar-refractivity contribution is 7.89. The molecule has 0 aliphatic carbocycles. The van der Waals surface area contributed by atoms with Crippen LogP contribution in [0.5, 0.6) is 0 Å². The lowest BCUT2D eigenvalue weighted by molar-refractivity contribution is 0.0691. The zero-order valence-corrected chi connectivity index (χ0v) is 19.0. The molecule has 3 N–H and O–H groups in total. The van der Waals surface area contributed by atoms with Crippen molar-refractivity contribution in [1.29, 1.82) is 0 Å². The van der Waals surface area contributed by atoms with E-state index in [9.17, 15) is 18.3 Å². The number of primary sulfonamides is 1. The Morgan fingerprint density at radius 3 is 2.42 bits per heavy atom. The monoisotopic (exact) mass is 480 g/mol. The number of rotatable bonds is 8. The fourth-order valence-corrected chi connectivity index (χ4v) is 4.75. The first-order valence-electron chi connectivity index (χ1n) is 9.86. The number of thiazole rings is 1. The molecule has 8 nitrogen and oxygen atoms in total. The van der Waals surface area contributed by atoms with E-state index in [2.05, 4.69) is 11.6 Å². The summed E-state index contributed by atoms with van der Waals surface area (Å²) in [6, 6.07) is 16.0. The Hall–Kier alpha value is -3.60. The number of benzene rings is 2. The maximum atomic E-state index is 11.6. The molecule has 4 rings (SSSR count). The minimum Gasteiger partial charge on any atom is -0.476 e. The maximum absolute atomic E-state index is 11.6. The number of nitrogens with two attached hydrogens (primary N) is 1. The molecule has 2 heterocycles. The first-order valence-corrected chi connectivity index (χ1v) is 12.3. The van der Waals surface area contributed by atoms with E-state index in [1.54, 1.807) is 22.9 Å². The van der Waals surface area contributed by atoms with Crippen molar-refractivity contribution in [3.05, 3.63) is 95.1 Å². The predicted octanol–water partition coefficient (Wildman–Crippen LogP) is 3.66. The lowest BCUT2D eigenvalue weighted by Gasteiger charge is -2.08. The standard InChI is InChI=1S/C23H20N4O4S2/c1-2-6-20-18(13-15-9-11-17(12-10-15)33(24,30)31)21(16-7-4-3-5-8-16)26-27(20)23-25-19(14-32-23)22(28)29/h2-5,7-12,14H,1,6,13H2,(H,28,29)(H2,24,30,31). The number of aromatic carboxylic acids is 1. The summed E-state index contributed by atoms with van der Waals surface area (Å²) in [5.41, 5.74) is 4.19. The van der Waals surface area contributed by atoms with Gasteiger partial charge in [0.05, 0.1) is 16.3 Å². The van der Waals surface area contributed by atoms with Gasteiger partial charge in [-0.05, 0) is 17.7 Å². The molecule has 33 heavy (non-hydrogen) atoms. The van der Waals surface area contributed by atoms with E-state index in [0.717, 1.165) is 28.1 Å². The average Bonchev–Trinajstić information content (AvgIpc) is 3.40. The molecule has 10 heteroatoms. The highest BCUT2D eigenvalue weighted by atomic mass is 32.2. The van der Waals surface area contributed by atoms with Crippen LogP contribution in [0.3, 0.4) is 0 Å². The first-order chi connectivity index (χ1) is 15.8. The Labute approximate surface area is 194 Å². The van der Waals surface area contributed by atoms with Gasteiger partial charge in [-0.2, -0.15) is 5.10 Å². The van der Waals surface area contributed by atoms with Crippen LogP contribution in [0, 0.1) is 0 Å². The summed E-state index contributed by atoms with van der Waals surface area (Å²) in [6.45, 7) is 3.86. The number of hydrogen-bond donors (Lipinski definition) is 2. The second-order valence-electron chi connectivity index (χ2n) is 7.23. The molecule has 0 amide bonds. The molecule has 0 fully saturated rings. The molecular formula is C23H20N4O4S2. The number of nitrogens with zero attached hydrogens (tertiary/aromatic N) is 3. The molecule has 0 unspecified atom stereocenters.